The van der Waals surface area contributed by atoms with Crippen LogP contribution in [0.15, 0.2) is 76.4 Å². The standard InChI is InChI=1S/C26H23N5O2S/c1-16-6-8-21(11-17(16)2)28-26-31(30-18(3)20-5-4-10-27-13-20)23(15-34-26)19-7-9-24-22(12-19)29-25(32)14-33-24/h4-13,15H,14H2,1-3H3,(H,29,32). The van der Waals surface area contributed by atoms with Crippen LogP contribution in [0.3, 0.4) is 0 Å². The van der Waals surface area contributed by atoms with E-state index in [1.165, 1.54) is 22.5 Å². The number of hydrogen-bond acceptors (Lipinski definition) is 6. The summed E-state index contributed by atoms with van der Waals surface area (Å²) in [5.41, 5.74) is 7.41. The molecule has 0 bridgehead atoms. The first-order valence-corrected chi connectivity index (χ1v) is 11.7. The van der Waals surface area contributed by atoms with Crippen LogP contribution in [0, 0.1) is 13.8 Å². The minimum atomic E-state index is -0.168. The van der Waals surface area contributed by atoms with Crippen molar-refractivity contribution in [1.82, 2.24) is 9.66 Å². The highest BCUT2D eigenvalue weighted by atomic mass is 32.1. The summed E-state index contributed by atoms with van der Waals surface area (Å²) in [6.07, 6.45) is 3.53. The van der Waals surface area contributed by atoms with Gasteiger partial charge in [0, 0.05) is 28.9 Å². The number of fused-ring (bicyclic) bond motifs is 1. The predicted molar refractivity (Wildman–Crippen MR) is 135 cm³/mol. The van der Waals surface area contributed by atoms with Gasteiger partial charge in [-0.2, -0.15) is 5.10 Å². The molecular weight excluding hydrogens is 446 g/mol. The van der Waals surface area contributed by atoms with Crippen molar-refractivity contribution in [2.24, 2.45) is 10.1 Å². The molecule has 4 aromatic rings. The fourth-order valence-electron chi connectivity index (χ4n) is 3.60. The molecule has 2 aromatic carbocycles. The van der Waals surface area contributed by atoms with E-state index in [1.807, 2.05) is 53.4 Å². The van der Waals surface area contributed by atoms with Crippen LogP contribution < -0.4 is 14.9 Å². The zero-order valence-electron chi connectivity index (χ0n) is 19.1. The highest BCUT2D eigenvalue weighted by Gasteiger charge is 2.18. The fourth-order valence-corrected chi connectivity index (χ4v) is 4.45. The van der Waals surface area contributed by atoms with E-state index < -0.39 is 0 Å². The average Bonchev–Trinajstić information content (AvgIpc) is 3.23. The van der Waals surface area contributed by atoms with Crippen molar-refractivity contribution in [2.75, 3.05) is 11.9 Å². The normalized spacial score (nSPS) is 13.9. The van der Waals surface area contributed by atoms with Crippen LogP contribution in [0.2, 0.25) is 0 Å². The number of hydrogen-bond donors (Lipinski definition) is 1. The Balaban J connectivity index is 1.67. The average molecular weight is 470 g/mol. The highest BCUT2D eigenvalue weighted by molar-refractivity contribution is 7.07. The van der Waals surface area contributed by atoms with Gasteiger partial charge in [-0.15, -0.1) is 11.3 Å². The van der Waals surface area contributed by atoms with Crippen LogP contribution >= 0.6 is 11.3 Å². The number of benzene rings is 2. The minimum Gasteiger partial charge on any atom is -0.482 e. The first-order chi connectivity index (χ1) is 16.5. The second kappa shape index (κ2) is 9.07. The molecule has 0 unspecified atom stereocenters. The molecule has 3 heterocycles. The van der Waals surface area contributed by atoms with Gasteiger partial charge in [-0.3, -0.25) is 9.78 Å². The van der Waals surface area contributed by atoms with Crippen molar-refractivity contribution in [1.29, 1.82) is 0 Å². The predicted octanol–water partition coefficient (Wildman–Crippen LogP) is 5.06. The van der Waals surface area contributed by atoms with Crippen molar-refractivity contribution < 1.29 is 9.53 Å². The van der Waals surface area contributed by atoms with Gasteiger partial charge >= 0.3 is 0 Å². The Kier molecular flexibility index (Phi) is 5.81. The Morgan fingerprint density at radius 2 is 2.03 bits per heavy atom. The van der Waals surface area contributed by atoms with Gasteiger partial charge in [-0.05, 0) is 68.3 Å². The number of ether oxygens (including phenoxy) is 1. The van der Waals surface area contributed by atoms with Gasteiger partial charge in [0.05, 0.1) is 22.8 Å². The van der Waals surface area contributed by atoms with Gasteiger partial charge < -0.3 is 10.1 Å². The second-order valence-corrected chi connectivity index (χ2v) is 8.91. The Morgan fingerprint density at radius 1 is 1.15 bits per heavy atom. The quantitative estimate of drug-likeness (QED) is 0.424. The summed E-state index contributed by atoms with van der Waals surface area (Å²) >= 11 is 1.51. The maximum Gasteiger partial charge on any atom is 0.262 e. The van der Waals surface area contributed by atoms with Crippen molar-refractivity contribution in [3.8, 4) is 17.0 Å². The van der Waals surface area contributed by atoms with Crippen molar-refractivity contribution in [3.63, 3.8) is 0 Å². The number of aryl methyl sites for hydroxylation is 2. The van der Waals surface area contributed by atoms with E-state index in [0.29, 0.717) is 11.4 Å². The number of rotatable bonds is 4. The minimum absolute atomic E-state index is 0.0262. The van der Waals surface area contributed by atoms with Crippen LogP contribution in [-0.4, -0.2) is 27.9 Å². The number of carbonyl (C=O) groups excluding carboxylic acids is 1. The first-order valence-electron chi connectivity index (χ1n) is 10.8. The molecule has 170 valence electrons. The van der Waals surface area contributed by atoms with Crippen molar-refractivity contribution >= 4 is 34.3 Å². The van der Waals surface area contributed by atoms with Gasteiger partial charge in [0.25, 0.3) is 5.91 Å². The third-order valence-electron chi connectivity index (χ3n) is 5.64. The van der Waals surface area contributed by atoms with Crippen LogP contribution in [0.25, 0.3) is 11.3 Å². The van der Waals surface area contributed by atoms with Crippen molar-refractivity contribution in [3.05, 3.63) is 87.8 Å². The van der Waals surface area contributed by atoms with Crippen LogP contribution in [0.1, 0.15) is 23.6 Å². The monoisotopic (exact) mass is 469 g/mol. The van der Waals surface area contributed by atoms with E-state index in [2.05, 4.69) is 36.3 Å². The Bertz CT molecular complexity index is 1480. The lowest BCUT2D eigenvalue weighted by atomic mass is 10.1. The van der Waals surface area contributed by atoms with Gasteiger partial charge in [0.1, 0.15) is 5.75 Å². The molecule has 0 saturated carbocycles. The molecule has 0 fully saturated rings. The number of nitrogens with one attached hydrogen (secondary N) is 1. The highest BCUT2D eigenvalue weighted by Crippen LogP contribution is 2.33. The molecule has 0 saturated heterocycles. The van der Waals surface area contributed by atoms with E-state index >= 15 is 0 Å². The third kappa shape index (κ3) is 4.40. The van der Waals surface area contributed by atoms with E-state index in [-0.39, 0.29) is 12.5 Å². The van der Waals surface area contributed by atoms with Crippen LogP contribution in [0.5, 0.6) is 5.75 Å². The first kappa shape index (κ1) is 21.8. The van der Waals surface area contributed by atoms with Crippen LogP contribution in [0.4, 0.5) is 11.4 Å². The molecule has 0 spiro atoms. The second-order valence-electron chi connectivity index (χ2n) is 8.07. The summed E-state index contributed by atoms with van der Waals surface area (Å²) in [6.45, 7) is 6.14. The molecule has 1 aliphatic heterocycles. The summed E-state index contributed by atoms with van der Waals surface area (Å²) < 4.78 is 7.36. The molecule has 0 atom stereocenters. The zero-order chi connectivity index (χ0) is 23.7. The topological polar surface area (TPSA) is 80.9 Å². The smallest absolute Gasteiger partial charge is 0.262 e. The van der Waals surface area contributed by atoms with Crippen molar-refractivity contribution in [2.45, 2.75) is 20.8 Å². The molecule has 8 heteroatoms. The molecule has 34 heavy (non-hydrogen) atoms. The van der Waals surface area contributed by atoms with Gasteiger partial charge in [0.15, 0.2) is 6.61 Å². The third-order valence-corrected chi connectivity index (χ3v) is 6.45. The summed E-state index contributed by atoms with van der Waals surface area (Å²) in [7, 11) is 0. The SMILES string of the molecule is CC(=Nn1c(-c2ccc3c(c2)NC(=O)CO3)csc1=Nc1ccc(C)c(C)c1)c1cccnc1. The largest absolute Gasteiger partial charge is 0.482 e. The van der Waals surface area contributed by atoms with E-state index in [1.54, 1.807) is 12.4 Å². The molecule has 0 aliphatic carbocycles. The van der Waals surface area contributed by atoms with Gasteiger partial charge in [-0.25, -0.2) is 9.67 Å². The summed E-state index contributed by atoms with van der Waals surface area (Å²) in [5, 5.41) is 9.82. The Labute approximate surface area is 201 Å². The molecule has 2 aromatic heterocycles. The maximum atomic E-state index is 11.8. The lowest BCUT2D eigenvalue weighted by molar-refractivity contribution is -0.118. The number of nitrogens with zero attached hydrogens (tertiary/aromatic N) is 4. The van der Waals surface area contributed by atoms with E-state index in [0.717, 1.165) is 33.0 Å². The number of pyridine rings is 1. The molecule has 0 radical (unpaired) electrons. The molecule has 5 rings (SSSR count). The summed E-state index contributed by atoms with van der Waals surface area (Å²) in [6, 6.07) is 15.7. The zero-order valence-corrected chi connectivity index (χ0v) is 19.9. The Hall–Kier alpha value is -4.04. The van der Waals surface area contributed by atoms with Gasteiger partial charge in [0.2, 0.25) is 4.80 Å². The number of carbonyl (C=O) groups is 1. The lowest BCUT2D eigenvalue weighted by Gasteiger charge is -2.18. The van der Waals surface area contributed by atoms with E-state index in [9.17, 15) is 4.79 Å². The number of anilines is 1. The Morgan fingerprint density at radius 3 is 2.82 bits per heavy atom. The number of thiazole rings is 1. The molecule has 7 nitrogen and oxygen atoms in total. The van der Waals surface area contributed by atoms with Gasteiger partial charge in [-0.1, -0.05) is 12.1 Å². The maximum absolute atomic E-state index is 11.8. The molecule has 1 N–H and O–H groups in total. The molecular formula is C26H23N5O2S. The summed E-state index contributed by atoms with van der Waals surface area (Å²) in [5.74, 6) is 0.485. The number of amides is 1. The van der Waals surface area contributed by atoms with E-state index in [4.69, 9.17) is 14.8 Å². The summed E-state index contributed by atoms with van der Waals surface area (Å²) in [4.78, 5) is 21.7. The molecule has 1 amide bonds. The van der Waals surface area contributed by atoms with Crippen LogP contribution in [-0.2, 0) is 4.79 Å². The fraction of sp³-hybridized carbons (Fsp3) is 0.154. The lowest BCUT2D eigenvalue weighted by Crippen LogP contribution is -2.25. The number of aromatic nitrogens is 2. The molecule has 1 aliphatic rings.